The molecule has 0 saturated heterocycles. The molecule has 0 atom stereocenters. The molecule has 1 aromatic carbocycles. The number of thioether (sulfide) groups is 1. The fourth-order valence-corrected chi connectivity index (χ4v) is 3.19. The summed E-state index contributed by atoms with van der Waals surface area (Å²) < 4.78 is 2.10. The van der Waals surface area contributed by atoms with Gasteiger partial charge in [-0.05, 0) is 30.9 Å². The molecule has 0 aliphatic rings. The molecule has 1 aromatic heterocycles. The van der Waals surface area contributed by atoms with Gasteiger partial charge in [-0.2, -0.15) is 11.8 Å². The van der Waals surface area contributed by atoms with E-state index in [0.717, 1.165) is 56.6 Å². The number of hydrogen-bond donors (Lipinski definition) is 1. The van der Waals surface area contributed by atoms with Crippen molar-refractivity contribution in [3.63, 3.8) is 0 Å². The molecule has 0 aliphatic heterocycles. The van der Waals surface area contributed by atoms with Gasteiger partial charge in [0.05, 0.1) is 0 Å². The van der Waals surface area contributed by atoms with Crippen LogP contribution in [0.2, 0.25) is 0 Å². The Morgan fingerprint density at radius 1 is 1.30 bits per heavy atom. The van der Waals surface area contributed by atoms with Crippen LogP contribution in [-0.4, -0.2) is 57.8 Å². The summed E-state index contributed by atoms with van der Waals surface area (Å²) in [5.41, 5.74) is 2.57. The maximum atomic E-state index is 4.81. The predicted molar refractivity (Wildman–Crippen MR) is 115 cm³/mol. The van der Waals surface area contributed by atoms with Gasteiger partial charge < -0.3 is 14.8 Å². The van der Waals surface area contributed by atoms with Crippen LogP contribution in [0, 0.1) is 6.92 Å². The zero-order chi connectivity index (χ0) is 19.5. The summed E-state index contributed by atoms with van der Waals surface area (Å²) >= 11 is 1.87. The standard InChI is InChI=1S/C20H32N6S/c1-5-19-24-23-16-26(19)13-12-22-20(21-11-6-14-27-4)25(3)15-18-9-7-17(2)8-10-18/h7-10,16H,5-6,11-15H2,1-4H3,(H,21,22). The summed E-state index contributed by atoms with van der Waals surface area (Å²) in [6.45, 7) is 7.52. The average molecular weight is 389 g/mol. The summed E-state index contributed by atoms with van der Waals surface area (Å²) in [5.74, 6) is 3.10. The van der Waals surface area contributed by atoms with E-state index in [1.54, 1.807) is 6.33 Å². The average Bonchev–Trinajstić information content (AvgIpc) is 3.13. The molecule has 0 bridgehead atoms. The highest BCUT2D eigenvalue weighted by molar-refractivity contribution is 7.98. The number of aliphatic imine (C=N–C) groups is 1. The van der Waals surface area contributed by atoms with Crippen LogP contribution < -0.4 is 5.32 Å². The van der Waals surface area contributed by atoms with E-state index >= 15 is 0 Å². The van der Waals surface area contributed by atoms with Crippen LogP contribution in [0.4, 0.5) is 0 Å². The van der Waals surface area contributed by atoms with E-state index in [4.69, 9.17) is 4.99 Å². The van der Waals surface area contributed by atoms with Crippen molar-refractivity contribution in [3.8, 4) is 0 Å². The van der Waals surface area contributed by atoms with E-state index in [-0.39, 0.29) is 0 Å². The van der Waals surface area contributed by atoms with E-state index in [1.807, 2.05) is 11.8 Å². The highest BCUT2D eigenvalue weighted by Gasteiger charge is 2.08. The number of benzene rings is 1. The summed E-state index contributed by atoms with van der Waals surface area (Å²) in [7, 11) is 2.09. The second-order valence-electron chi connectivity index (χ2n) is 6.61. The van der Waals surface area contributed by atoms with Crippen molar-refractivity contribution < 1.29 is 0 Å². The third kappa shape index (κ3) is 7.25. The SMILES string of the molecule is CCc1nncn1CCNC(=NCCCSC)N(C)Cc1ccc(C)cc1. The Morgan fingerprint density at radius 3 is 2.78 bits per heavy atom. The number of hydrogen-bond acceptors (Lipinski definition) is 4. The third-order valence-corrected chi connectivity index (χ3v) is 5.01. The first-order valence-corrected chi connectivity index (χ1v) is 10.9. The molecular weight excluding hydrogens is 356 g/mol. The molecule has 7 heteroatoms. The Bertz CT molecular complexity index is 695. The topological polar surface area (TPSA) is 58.3 Å². The van der Waals surface area contributed by atoms with Crippen LogP contribution in [0.3, 0.4) is 0 Å². The zero-order valence-electron chi connectivity index (χ0n) is 17.0. The number of aromatic nitrogens is 3. The second-order valence-corrected chi connectivity index (χ2v) is 7.60. The maximum absolute atomic E-state index is 4.81. The van der Waals surface area contributed by atoms with Crippen LogP contribution in [0.5, 0.6) is 0 Å². The molecule has 0 radical (unpaired) electrons. The van der Waals surface area contributed by atoms with Crippen LogP contribution >= 0.6 is 11.8 Å². The van der Waals surface area contributed by atoms with Gasteiger partial charge in [0.1, 0.15) is 12.2 Å². The quantitative estimate of drug-likeness (QED) is 0.385. The van der Waals surface area contributed by atoms with E-state index in [1.165, 1.54) is 11.1 Å². The Morgan fingerprint density at radius 2 is 2.07 bits per heavy atom. The summed E-state index contributed by atoms with van der Waals surface area (Å²) in [6.07, 6.45) is 5.92. The molecule has 2 aromatic rings. The molecule has 6 nitrogen and oxygen atoms in total. The maximum Gasteiger partial charge on any atom is 0.194 e. The van der Waals surface area contributed by atoms with Gasteiger partial charge in [-0.25, -0.2) is 0 Å². The van der Waals surface area contributed by atoms with Gasteiger partial charge in [0, 0.05) is 39.6 Å². The van der Waals surface area contributed by atoms with Gasteiger partial charge in [-0.1, -0.05) is 36.8 Å². The Labute approximate surface area is 167 Å². The minimum atomic E-state index is 0.796. The van der Waals surface area contributed by atoms with Crippen molar-refractivity contribution in [3.05, 3.63) is 47.5 Å². The third-order valence-electron chi connectivity index (χ3n) is 4.32. The first-order chi connectivity index (χ1) is 13.1. The van der Waals surface area contributed by atoms with Gasteiger partial charge in [-0.15, -0.1) is 10.2 Å². The molecule has 0 fully saturated rings. The molecular formula is C20H32N6S. The lowest BCUT2D eigenvalue weighted by Crippen LogP contribution is -2.40. The molecule has 27 heavy (non-hydrogen) atoms. The van der Waals surface area contributed by atoms with Crippen molar-refractivity contribution in [1.82, 2.24) is 25.0 Å². The largest absolute Gasteiger partial charge is 0.354 e. The first-order valence-electron chi connectivity index (χ1n) is 9.54. The molecule has 0 spiro atoms. The highest BCUT2D eigenvalue weighted by atomic mass is 32.2. The predicted octanol–water partition coefficient (Wildman–Crippen LogP) is 2.98. The van der Waals surface area contributed by atoms with Crippen LogP contribution in [-0.2, 0) is 19.5 Å². The molecule has 0 amide bonds. The van der Waals surface area contributed by atoms with Crippen molar-refractivity contribution in [1.29, 1.82) is 0 Å². The molecule has 1 N–H and O–H groups in total. The van der Waals surface area contributed by atoms with Crippen LogP contribution in [0.25, 0.3) is 0 Å². The minimum absolute atomic E-state index is 0.796. The molecule has 0 saturated carbocycles. The summed E-state index contributed by atoms with van der Waals surface area (Å²) in [5, 5.41) is 11.7. The van der Waals surface area contributed by atoms with Crippen LogP contribution in [0.15, 0.2) is 35.6 Å². The zero-order valence-corrected chi connectivity index (χ0v) is 17.8. The normalized spacial score (nSPS) is 11.6. The highest BCUT2D eigenvalue weighted by Crippen LogP contribution is 2.06. The molecule has 1 heterocycles. The number of aryl methyl sites for hydroxylation is 2. The second kappa shape index (κ2) is 11.6. The first kappa shape index (κ1) is 21.3. The van der Waals surface area contributed by atoms with Gasteiger partial charge in [0.2, 0.25) is 0 Å². The lowest BCUT2D eigenvalue weighted by Gasteiger charge is -2.23. The number of nitrogens with one attached hydrogen (secondary N) is 1. The Kier molecular flexibility index (Phi) is 9.18. The number of guanidine groups is 1. The van der Waals surface area contributed by atoms with Crippen molar-refractivity contribution in [2.24, 2.45) is 4.99 Å². The number of rotatable bonds is 10. The number of nitrogens with zero attached hydrogens (tertiary/aromatic N) is 5. The van der Waals surface area contributed by atoms with E-state index in [9.17, 15) is 0 Å². The Balaban J connectivity index is 1.95. The monoisotopic (exact) mass is 388 g/mol. The lowest BCUT2D eigenvalue weighted by molar-refractivity contribution is 0.470. The molecule has 0 aliphatic carbocycles. The summed E-state index contributed by atoms with van der Waals surface area (Å²) in [4.78, 5) is 7.01. The van der Waals surface area contributed by atoms with E-state index in [2.05, 4.69) is 76.4 Å². The minimum Gasteiger partial charge on any atom is -0.354 e. The molecule has 148 valence electrons. The van der Waals surface area contributed by atoms with Crippen LogP contribution in [0.1, 0.15) is 30.3 Å². The van der Waals surface area contributed by atoms with Crippen molar-refractivity contribution in [2.75, 3.05) is 32.1 Å². The fraction of sp³-hybridized carbons (Fsp3) is 0.550. The molecule has 0 unspecified atom stereocenters. The van der Waals surface area contributed by atoms with Gasteiger partial charge >= 0.3 is 0 Å². The Hall–Kier alpha value is -2.02. The molecule has 2 rings (SSSR count). The fourth-order valence-electron chi connectivity index (χ4n) is 2.78. The van der Waals surface area contributed by atoms with Gasteiger partial charge in [0.15, 0.2) is 5.96 Å². The lowest BCUT2D eigenvalue weighted by atomic mass is 10.1. The smallest absolute Gasteiger partial charge is 0.194 e. The van der Waals surface area contributed by atoms with E-state index in [0.29, 0.717) is 0 Å². The van der Waals surface area contributed by atoms with Crippen molar-refractivity contribution in [2.45, 2.75) is 39.8 Å². The van der Waals surface area contributed by atoms with Crippen molar-refractivity contribution >= 4 is 17.7 Å². The van der Waals surface area contributed by atoms with Gasteiger partial charge in [-0.3, -0.25) is 4.99 Å². The van der Waals surface area contributed by atoms with Gasteiger partial charge in [0.25, 0.3) is 0 Å². The van der Waals surface area contributed by atoms with E-state index < -0.39 is 0 Å². The summed E-state index contributed by atoms with van der Waals surface area (Å²) in [6, 6.07) is 8.68.